The quantitative estimate of drug-likeness (QED) is 0.226. The van der Waals surface area contributed by atoms with E-state index in [0.29, 0.717) is 11.1 Å². The Morgan fingerprint density at radius 1 is 1.10 bits per heavy atom. The first-order valence-electron chi connectivity index (χ1n) is 8.86. The van der Waals surface area contributed by atoms with Crippen molar-refractivity contribution >= 4 is 41.1 Å². The summed E-state index contributed by atoms with van der Waals surface area (Å²) in [6.45, 7) is 0. The molecule has 3 aromatic rings. The van der Waals surface area contributed by atoms with Gasteiger partial charge in [0.2, 0.25) is 0 Å². The van der Waals surface area contributed by atoms with Gasteiger partial charge in [0, 0.05) is 16.5 Å². The van der Waals surface area contributed by atoms with Crippen LogP contribution in [0.15, 0.2) is 76.8 Å². The van der Waals surface area contributed by atoms with Gasteiger partial charge in [0.05, 0.1) is 11.1 Å². The van der Waals surface area contributed by atoms with E-state index in [1.165, 1.54) is 29.7 Å². The minimum absolute atomic E-state index is 0.0139. The Labute approximate surface area is 180 Å². The number of amides is 2. The number of nitrogens with zero attached hydrogens (tertiary/aromatic N) is 2. The van der Waals surface area contributed by atoms with Gasteiger partial charge >= 0.3 is 5.69 Å². The summed E-state index contributed by atoms with van der Waals surface area (Å²) in [7, 11) is 0. The predicted octanol–water partition coefficient (Wildman–Crippen LogP) is 3.28. The van der Waals surface area contributed by atoms with E-state index in [2.05, 4.69) is 15.8 Å². The second kappa shape index (κ2) is 9.94. The molecule has 31 heavy (non-hydrogen) atoms. The van der Waals surface area contributed by atoms with E-state index in [-0.39, 0.29) is 5.70 Å². The Hall–Kier alpha value is -4.31. The molecule has 0 radical (unpaired) electrons. The third-order valence-electron chi connectivity index (χ3n) is 3.93. The van der Waals surface area contributed by atoms with Gasteiger partial charge in [-0.25, -0.2) is 5.43 Å². The van der Waals surface area contributed by atoms with Crippen LogP contribution in [0, 0.1) is 10.1 Å². The van der Waals surface area contributed by atoms with E-state index in [4.69, 9.17) is 0 Å². The van der Waals surface area contributed by atoms with E-state index in [9.17, 15) is 24.8 Å². The lowest BCUT2D eigenvalue weighted by Crippen LogP contribution is -2.32. The van der Waals surface area contributed by atoms with Crippen molar-refractivity contribution in [2.75, 3.05) is 0 Å². The highest BCUT2D eigenvalue weighted by atomic mass is 32.1. The normalized spacial score (nSPS) is 11.3. The predicted molar refractivity (Wildman–Crippen MR) is 117 cm³/mol. The Morgan fingerprint density at radius 3 is 2.52 bits per heavy atom. The molecular weight excluding hydrogens is 420 g/mol. The molecule has 0 spiro atoms. The summed E-state index contributed by atoms with van der Waals surface area (Å²) in [4.78, 5) is 35.8. The summed E-state index contributed by atoms with van der Waals surface area (Å²) in [6, 6.07) is 15.7. The van der Waals surface area contributed by atoms with Crippen molar-refractivity contribution < 1.29 is 19.6 Å². The van der Waals surface area contributed by atoms with Crippen LogP contribution in [0.5, 0.6) is 5.75 Å². The first-order valence-corrected chi connectivity index (χ1v) is 9.74. The fraction of sp³-hybridized carbons (Fsp3) is 0. The van der Waals surface area contributed by atoms with Crippen molar-refractivity contribution in [1.82, 2.24) is 10.7 Å². The molecule has 0 aliphatic rings. The van der Waals surface area contributed by atoms with Gasteiger partial charge in [0.25, 0.3) is 11.8 Å². The molecule has 1 aromatic heterocycles. The van der Waals surface area contributed by atoms with Gasteiger partial charge in [-0.2, -0.15) is 5.10 Å². The maximum atomic E-state index is 12.6. The topological polar surface area (TPSA) is 134 Å². The van der Waals surface area contributed by atoms with Crippen LogP contribution >= 0.6 is 11.3 Å². The van der Waals surface area contributed by atoms with E-state index in [1.54, 1.807) is 36.4 Å². The standard InChI is InChI=1S/C21H16N4O5S/c26-19-11-14(8-9-18(19)25(29)30)13-22-24-21(28)17(12-16-7-4-10-31-16)23-20(27)15-5-2-1-3-6-15/h1-13,26H,(H,23,27)(H,24,28)/b17-12-,22-13?. The van der Waals surface area contributed by atoms with Crippen molar-refractivity contribution in [3.63, 3.8) is 0 Å². The Morgan fingerprint density at radius 2 is 1.87 bits per heavy atom. The number of thiophene rings is 1. The average molecular weight is 436 g/mol. The molecule has 0 saturated carbocycles. The minimum Gasteiger partial charge on any atom is -0.502 e. The summed E-state index contributed by atoms with van der Waals surface area (Å²) in [5.74, 6) is -1.64. The van der Waals surface area contributed by atoms with Gasteiger partial charge in [0.1, 0.15) is 5.70 Å². The van der Waals surface area contributed by atoms with Gasteiger partial charge in [-0.1, -0.05) is 24.3 Å². The van der Waals surface area contributed by atoms with Crippen molar-refractivity contribution in [2.45, 2.75) is 0 Å². The number of aromatic hydroxyl groups is 1. The molecule has 0 atom stereocenters. The summed E-state index contributed by atoms with van der Waals surface area (Å²) >= 11 is 1.39. The maximum absolute atomic E-state index is 12.6. The van der Waals surface area contributed by atoms with Crippen LogP contribution in [0.25, 0.3) is 6.08 Å². The number of nitrogens with one attached hydrogen (secondary N) is 2. The molecule has 156 valence electrons. The van der Waals surface area contributed by atoms with E-state index in [1.807, 2.05) is 11.4 Å². The molecule has 0 unspecified atom stereocenters. The number of nitro groups is 1. The van der Waals surface area contributed by atoms with Gasteiger partial charge in [0.15, 0.2) is 5.75 Å². The lowest BCUT2D eigenvalue weighted by atomic mass is 10.2. The smallest absolute Gasteiger partial charge is 0.310 e. The van der Waals surface area contributed by atoms with Crippen molar-refractivity contribution in [2.24, 2.45) is 5.10 Å². The van der Waals surface area contributed by atoms with E-state index >= 15 is 0 Å². The third kappa shape index (κ3) is 5.84. The Kier molecular flexibility index (Phi) is 6.86. The van der Waals surface area contributed by atoms with Crippen LogP contribution in [0.1, 0.15) is 20.8 Å². The second-order valence-electron chi connectivity index (χ2n) is 6.10. The highest BCUT2D eigenvalue weighted by Gasteiger charge is 2.15. The number of phenolic OH excluding ortho intramolecular Hbond substituents is 1. The Bertz CT molecular complexity index is 1160. The number of nitro benzene ring substituents is 1. The molecule has 9 nitrogen and oxygen atoms in total. The van der Waals surface area contributed by atoms with Crippen LogP contribution in [0.2, 0.25) is 0 Å². The lowest BCUT2D eigenvalue weighted by molar-refractivity contribution is -0.385. The summed E-state index contributed by atoms with van der Waals surface area (Å²) < 4.78 is 0. The number of benzene rings is 2. The van der Waals surface area contributed by atoms with E-state index in [0.717, 1.165) is 17.0 Å². The van der Waals surface area contributed by atoms with Crippen LogP contribution in [-0.2, 0) is 4.79 Å². The number of phenols is 1. The molecule has 3 rings (SSSR count). The van der Waals surface area contributed by atoms with Crippen molar-refractivity contribution in [3.8, 4) is 5.75 Å². The monoisotopic (exact) mass is 436 g/mol. The molecule has 0 saturated heterocycles. The SMILES string of the molecule is O=C(NN=Cc1ccc([N+](=O)[O-])c(O)c1)/C(=C/c1cccs1)NC(=O)c1ccccc1. The molecule has 2 aromatic carbocycles. The first kappa shape index (κ1) is 21.4. The first-order chi connectivity index (χ1) is 14.9. The van der Waals surface area contributed by atoms with Crippen LogP contribution in [0.3, 0.4) is 0 Å². The zero-order valence-electron chi connectivity index (χ0n) is 15.9. The number of rotatable bonds is 7. The Balaban J connectivity index is 1.74. The lowest BCUT2D eigenvalue weighted by Gasteiger charge is -2.08. The number of hydrogen-bond donors (Lipinski definition) is 3. The van der Waals surface area contributed by atoms with Gasteiger partial charge in [-0.15, -0.1) is 11.3 Å². The molecular formula is C21H16N4O5S. The number of hydrogen-bond acceptors (Lipinski definition) is 7. The van der Waals surface area contributed by atoms with Crippen LogP contribution in [0.4, 0.5) is 5.69 Å². The summed E-state index contributed by atoms with van der Waals surface area (Å²) in [6.07, 6.45) is 2.73. The summed E-state index contributed by atoms with van der Waals surface area (Å²) in [5, 5.41) is 28.6. The number of carbonyl (C=O) groups is 2. The van der Waals surface area contributed by atoms with Gasteiger partial charge < -0.3 is 10.4 Å². The molecule has 0 fully saturated rings. The second-order valence-corrected chi connectivity index (χ2v) is 7.08. The van der Waals surface area contributed by atoms with Crippen molar-refractivity contribution in [1.29, 1.82) is 0 Å². The van der Waals surface area contributed by atoms with Gasteiger partial charge in [-0.3, -0.25) is 19.7 Å². The average Bonchev–Trinajstić information content (AvgIpc) is 3.26. The van der Waals surface area contributed by atoms with Crippen LogP contribution in [-0.4, -0.2) is 28.1 Å². The van der Waals surface area contributed by atoms with Gasteiger partial charge in [-0.05, 0) is 47.4 Å². The fourth-order valence-electron chi connectivity index (χ4n) is 2.46. The molecule has 3 N–H and O–H groups in total. The maximum Gasteiger partial charge on any atom is 0.310 e. The van der Waals surface area contributed by atoms with E-state index < -0.39 is 28.2 Å². The highest BCUT2D eigenvalue weighted by Crippen LogP contribution is 2.25. The largest absolute Gasteiger partial charge is 0.502 e. The minimum atomic E-state index is -0.713. The third-order valence-corrected chi connectivity index (χ3v) is 4.75. The molecule has 2 amide bonds. The zero-order valence-corrected chi connectivity index (χ0v) is 16.7. The molecule has 1 heterocycles. The molecule has 10 heteroatoms. The molecule has 0 aliphatic heterocycles. The van der Waals surface area contributed by atoms with Crippen molar-refractivity contribution in [3.05, 3.63) is 97.9 Å². The molecule has 0 bridgehead atoms. The highest BCUT2D eigenvalue weighted by molar-refractivity contribution is 7.10. The fourth-order valence-corrected chi connectivity index (χ4v) is 3.12. The molecule has 0 aliphatic carbocycles. The zero-order chi connectivity index (χ0) is 22.2. The number of carbonyl (C=O) groups excluding carboxylic acids is 2. The van der Waals surface area contributed by atoms with Crippen LogP contribution < -0.4 is 10.7 Å². The number of hydrazone groups is 1. The summed E-state index contributed by atoms with van der Waals surface area (Å²) in [5.41, 5.74) is 2.56.